The van der Waals surface area contributed by atoms with Crippen molar-refractivity contribution in [3.63, 3.8) is 0 Å². The van der Waals surface area contributed by atoms with Gasteiger partial charge in [-0.25, -0.2) is 4.79 Å². The number of hydrogen-bond donors (Lipinski definition) is 4. The van der Waals surface area contributed by atoms with Crippen LogP contribution in [0.1, 0.15) is 55.3 Å². The molecule has 0 bridgehead atoms. The molecular formula is C20H29ClN4O3. The summed E-state index contributed by atoms with van der Waals surface area (Å²) in [6, 6.07) is 6.92. The van der Waals surface area contributed by atoms with Crippen molar-refractivity contribution in [2.45, 2.75) is 51.0 Å². The molecule has 0 spiro atoms. The van der Waals surface area contributed by atoms with Gasteiger partial charge in [0.05, 0.1) is 10.6 Å². The predicted octanol–water partition coefficient (Wildman–Crippen LogP) is 2.60. The first-order chi connectivity index (χ1) is 13.6. The van der Waals surface area contributed by atoms with Crippen LogP contribution in [0.3, 0.4) is 0 Å². The molecule has 8 heteroatoms. The highest BCUT2D eigenvalue weighted by Crippen LogP contribution is 2.17. The second-order valence-corrected chi connectivity index (χ2v) is 7.33. The highest BCUT2D eigenvalue weighted by molar-refractivity contribution is 6.33. The number of hydrogen-bond acceptors (Lipinski definition) is 3. The van der Waals surface area contributed by atoms with E-state index in [0.717, 1.165) is 12.8 Å². The van der Waals surface area contributed by atoms with Crippen molar-refractivity contribution in [3.05, 3.63) is 34.9 Å². The maximum Gasteiger partial charge on any atom is 0.315 e. The number of halogens is 1. The van der Waals surface area contributed by atoms with Gasteiger partial charge in [0, 0.05) is 32.1 Å². The monoisotopic (exact) mass is 408 g/mol. The maximum absolute atomic E-state index is 12.0. The van der Waals surface area contributed by atoms with Gasteiger partial charge < -0.3 is 21.3 Å². The summed E-state index contributed by atoms with van der Waals surface area (Å²) in [6.07, 6.45) is 6.57. The normalized spacial score (nSPS) is 14.2. The van der Waals surface area contributed by atoms with Gasteiger partial charge in [-0.1, -0.05) is 43.0 Å². The van der Waals surface area contributed by atoms with Crippen molar-refractivity contribution < 1.29 is 14.4 Å². The third-order valence-electron chi connectivity index (χ3n) is 4.66. The molecule has 7 nitrogen and oxygen atoms in total. The fourth-order valence-corrected chi connectivity index (χ4v) is 3.36. The summed E-state index contributed by atoms with van der Waals surface area (Å²) in [5.74, 6) is -0.380. The Morgan fingerprint density at radius 3 is 2.39 bits per heavy atom. The smallest absolute Gasteiger partial charge is 0.315 e. The minimum Gasteiger partial charge on any atom is -0.354 e. The van der Waals surface area contributed by atoms with Gasteiger partial charge in [-0.2, -0.15) is 0 Å². The van der Waals surface area contributed by atoms with Crippen molar-refractivity contribution >= 4 is 29.4 Å². The number of nitrogens with one attached hydrogen (secondary N) is 4. The van der Waals surface area contributed by atoms with E-state index in [9.17, 15) is 14.4 Å². The molecule has 154 valence electrons. The SMILES string of the molecule is O=C(CCCNC(=O)NC1CCCCC1)NCCNC(=O)c1ccccc1Cl. The molecule has 4 N–H and O–H groups in total. The van der Waals surface area contributed by atoms with Crippen LogP contribution in [-0.2, 0) is 4.79 Å². The highest BCUT2D eigenvalue weighted by Gasteiger charge is 2.15. The number of carbonyl (C=O) groups excluding carboxylic acids is 3. The Morgan fingerprint density at radius 1 is 0.929 bits per heavy atom. The summed E-state index contributed by atoms with van der Waals surface area (Å²) < 4.78 is 0. The van der Waals surface area contributed by atoms with E-state index in [1.165, 1.54) is 19.3 Å². The van der Waals surface area contributed by atoms with Crippen LogP contribution in [-0.4, -0.2) is 43.5 Å². The van der Waals surface area contributed by atoms with Crippen LogP contribution in [0.25, 0.3) is 0 Å². The molecule has 1 aliphatic rings. The lowest BCUT2D eigenvalue weighted by atomic mass is 9.96. The first-order valence-electron chi connectivity index (χ1n) is 9.90. The molecule has 2 rings (SSSR count). The molecule has 0 radical (unpaired) electrons. The summed E-state index contributed by atoms with van der Waals surface area (Å²) in [6.45, 7) is 1.11. The van der Waals surface area contributed by atoms with Gasteiger partial charge >= 0.3 is 6.03 Å². The second-order valence-electron chi connectivity index (χ2n) is 6.92. The maximum atomic E-state index is 12.0. The van der Waals surface area contributed by atoms with E-state index in [0.29, 0.717) is 43.1 Å². The summed E-state index contributed by atoms with van der Waals surface area (Å²) in [5, 5.41) is 11.6. The Morgan fingerprint density at radius 2 is 1.64 bits per heavy atom. The molecule has 0 aliphatic heterocycles. The van der Waals surface area contributed by atoms with Crippen molar-refractivity contribution in [2.75, 3.05) is 19.6 Å². The molecule has 1 fully saturated rings. The minimum atomic E-state index is -0.270. The van der Waals surface area contributed by atoms with Gasteiger partial charge in [0.15, 0.2) is 0 Å². The standard InChI is InChI=1S/C20H29ClN4O3/c21-17-10-5-4-9-16(17)19(27)23-14-13-22-18(26)11-6-12-24-20(28)25-15-7-2-1-3-8-15/h4-5,9-10,15H,1-3,6-8,11-14H2,(H,22,26)(H,23,27)(H2,24,25,28). The zero-order valence-electron chi connectivity index (χ0n) is 16.1. The molecule has 1 saturated carbocycles. The zero-order valence-corrected chi connectivity index (χ0v) is 16.8. The molecule has 0 aromatic heterocycles. The summed E-state index contributed by atoms with van der Waals surface area (Å²) >= 11 is 5.97. The van der Waals surface area contributed by atoms with E-state index in [2.05, 4.69) is 21.3 Å². The molecule has 28 heavy (non-hydrogen) atoms. The second kappa shape index (κ2) is 12.2. The van der Waals surface area contributed by atoms with E-state index < -0.39 is 0 Å². The zero-order chi connectivity index (χ0) is 20.2. The summed E-state index contributed by atoms with van der Waals surface area (Å²) in [5.41, 5.74) is 0.410. The molecule has 1 aromatic rings. The van der Waals surface area contributed by atoms with Crippen LogP contribution < -0.4 is 21.3 Å². The Hall–Kier alpha value is -2.28. The Bertz CT molecular complexity index is 663. The van der Waals surface area contributed by atoms with Crippen LogP contribution in [0, 0.1) is 0 Å². The average molecular weight is 409 g/mol. The van der Waals surface area contributed by atoms with Gasteiger partial charge in [0.1, 0.15) is 0 Å². The van der Waals surface area contributed by atoms with Crippen molar-refractivity contribution in [3.8, 4) is 0 Å². The first kappa shape index (κ1) is 22.0. The molecular weight excluding hydrogens is 380 g/mol. The number of urea groups is 1. The van der Waals surface area contributed by atoms with Crippen LogP contribution in [0.4, 0.5) is 4.79 Å². The fraction of sp³-hybridized carbons (Fsp3) is 0.550. The lowest BCUT2D eigenvalue weighted by Crippen LogP contribution is -2.43. The van der Waals surface area contributed by atoms with Crippen LogP contribution in [0.15, 0.2) is 24.3 Å². The molecule has 1 aliphatic carbocycles. The van der Waals surface area contributed by atoms with Crippen LogP contribution in [0.5, 0.6) is 0 Å². The Balaban J connectivity index is 1.49. The molecule has 0 atom stereocenters. The van der Waals surface area contributed by atoms with E-state index >= 15 is 0 Å². The quantitative estimate of drug-likeness (QED) is 0.472. The Labute approximate surface area is 171 Å². The number of rotatable bonds is 9. The molecule has 1 aromatic carbocycles. The fourth-order valence-electron chi connectivity index (χ4n) is 3.14. The number of benzene rings is 1. The van der Waals surface area contributed by atoms with Gasteiger partial charge in [0.2, 0.25) is 5.91 Å². The Kier molecular flexibility index (Phi) is 9.62. The predicted molar refractivity (Wildman–Crippen MR) is 109 cm³/mol. The topological polar surface area (TPSA) is 99.3 Å². The highest BCUT2D eigenvalue weighted by atomic mass is 35.5. The van der Waals surface area contributed by atoms with E-state index in [1.807, 2.05) is 0 Å². The molecule has 0 heterocycles. The first-order valence-corrected chi connectivity index (χ1v) is 10.3. The minimum absolute atomic E-state index is 0.110. The lowest BCUT2D eigenvalue weighted by molar-refractivity contribution is -0.121. The van der Waals surface area contributed by atoms with Gasteiger partial charge in [-0.3, -0.25) is 9.59 Å². The van der Waals surface area contributed by atoms with Crippen molar-refractivity contribution in [1.29, 1.82) is 0 Å². The van der Waals surface area contributed by atoms with Gasteiger partial charge in [0.25, 0.3) is 5.91 Å². The van der Waals surface area contributed by atoms with Gasteiger partial charge in [-0.15, -0.1) is 0 Å². The lowest BCUT2D eigenvalue weighted by Gasteiger charge is -2.22. The largest absolute Gasteiger partial charge is 0.354 e. The molecule has 4 amide bonds. The van der Waals surface area contributed by atoms with E-state index in [1.54, 1.807) is 24.3 Å². The molecule has 0 saturated heterocycles. The van der Waals surface area contributed by atoms with E-state index in [-0.39, 0.29) is 23.9 Å². The van der Waals surface area contributed by atoms with Gasteiger partial charge in [-0.05, 0) is 31.4 Å². The van der Waals surface area contributed by atoms with Crippen LogP contribution in [0.2, 0.25) is 5.02 Å². The third kappa shape index (κ3) is 8.17. The third-order valence-corrected chi connectivity index (χ3v) is 4.99. The number of carbonyl (C=O) groups is 3. The summed E-state index contributed by atoms with van der Waals surface area (Å²) in [4.78, 5) is 35.6. The van der Waals surface area contributed by atoms with E-state index in [4.69, 9.17) is 11.6 Å². The summed E-state index contributed by atoms with van der Waals surface area (Å²) in [7, 11) is 0. The molecule has 0 unspecified atom stereocenters. The number of amides is 4. The average Bonchev–Trinajstić information content (AvgIpc) is 2.69. The van der Waals surface area contributed by atoms with Crippen molar-refractivity contribution in [2.24, 2.45) is 0 Å². The van der Waals surface area contributed by atoms with Crippen LogP contribution >= 0.6 is 11.6 Å². The van der Waals surface area contributed by atoms with Crippen molar-refractivity contribution in [1.82, 2.24) is 21.3 Å².